The molecule has 2 atom stereocenters. The van der Waals surface area contributed by atoms with E-state index >= 15 is 0 Å². The lowest BCUT2D eigenvalue weighted by atomic mass is 9.85. The molecule has 0 spiro atoms. The van der Waals surface area contributed by atoms with Gasteiger partial charge in [-0.15, -0.1) is 0 Å². The number of hydrogen-bond acceptors (Lipinski definition) is 1. The van der Waals surface area contributed by atoms with E-state index in [0.29, 0.717) is 7.93 Å². The summed E-state index contributed by atoms with van der Waals surface area (Å²) in [5.41, 5.74) is 6.47. The van der Waals surface area contributed by atoms with Crippen LogP contribution >= 0.6 is 19.2 Å². The van der Waals surface area contributed by atoms with Gasteiger partial charge in [0, 0.05) is 17.1 Å². The van der Waals surface area contributed by atoms with Gasteiger partial charge >= 0.3 is 0 Å². The largest absolute Gasteiger partial charge is 0.496 e. The van der Waals surface area contributed by atoms with Crippen molar-refractivity contribution >= 4 is 19.2 Å². The summed E-state index contributed by atoms with van der Waals surface area (Å²) < 4.78 is 6.06. The topological polar surface area (TPSA) is 9.23 Å². The molecule has 0 aromatic heterocycles. The first-order chi connectivity index (χ1) is 14.7. The van der Waals surface area contributed by atoms with Gasteiger partial charge in [0.15, 0.2) is 0 Å². The van der Waals surface area contributed by atoms with Crippen LogP contribution in [0.3, 0.4) is 0 Å². The molecule has 0 N–H and O–H groups in total. The molecule has 3 heteroatoms. The van der Waals surface area contributed by atoms with Gasteiger partial charge in [-0.05, 0) is 49.4 Å². The standard InChI is InChI=1S/C27H32ClOP/c1-4-16-27(5-2,30-28)25-20-23(17-21-12-8-6-9-13-21)19-24(26(25)29-3)18-22-14-10-7-11-15-22/h6-15,19-20,30H,4-5,16-18H2,1-3H3. The highest BCUT2D eigenvalue weighted by Gasteiger charge is 2.33. The monoisotopic (exact) mass is 438 g/mol. The van der Waals surface area contributed by atoms with E-state index < -0.39 is 0 Å². The Morgan fingerprint density at radius 1 is 0.833 bits per heavy atom. The summed E-state index contributed by atoms with van der Waals surface area (Å²) in [6.45, 7) is 4.50. The third kappa shape index (κ3) is 5.26. The van der Waals surface area contributed by atoms with E-state index in [1.54, 1.807) is 7.11 Å². The summed E-state index contributed by atoms with van der Waals surface area (Å²) in [7, 11) is 2.12. The van der Waals surface area contributed by atoms with E-state index in [0.717, 1.165) is 37.9 Å². The van der Waals surface area contributed by atoms with E-state index in [9.17, 15) is 0 Å². The van der Waals surface area contributed by atoms with Crippen molar-refractivity contribution in [3.63, 3.8) is 0 Å². The first kappa shape index (κ1) is 22.9. The smallest absolute Gasteiger partial charge is 0.126 e. The van der Waals surface area contributed by atoms with E-state index in [1.165, 1.54) is 27.8 Å². The lowest BCUT2D eigenvalue weighted by Gasteiger charge is -2.33. The maximum absolute atomic E-state index is 6.66. The van der Waals surface area contributed by atoms with E-state index in [4.69, 9.17) is 16.0 Å². The van der Waals surface area contributed by atoms with Crippen LogP contribution in [-0.2, 0) is 18.0 Å². The van der Waals surface area contributed by atoms with Gasteiger partial charge in [-0.3, -0.25) is 0 Å². The fraction of sp³-hybridized carbons (Fsp3) is 0.333. The summed E-state index contributed by atoms with van der Waals surface area (Å²) in [6, 6.07) is 26.0. The van der Waals surface area contributed by atoms with Crippen LogP contribution in [0.5, 0.6) is 5.75 Å². The zero-order chi connectivity index (χ0) is 21.4. The SMILES string of the molecule is CCCC(CC)(PCl)c1cc(Cc2ccccc2)cc(Cc2ccccc2)c1OC. The van der Waals surface area contributed by atoms with Crippen LogP contribution in [0, 0.1) is 0 Å². The fourth-order valence-electron chi connectivity index (χ4n) is 4.33. The van der Waals surface area contributed by atoms with Gasteiger partial charge < -0.3 is 4.74 Å². The van der Waals surface area contributed by atoms with Crippen molar-refractivity contribution < 1.29 is 4.74 Å². The second kappa shape index (κ2) is 11.0. The normalized spacial score (nSPS) is 13.5. The number of benzene rings is 3. The Morgan fingerprint density at radius 3 is 1.93 bits per heavy atom. The number of ether oxygens (including phenoxy) is 1. The Morgan fingerprint density at radius 2 is 1.43 bits per heavy atom. The zero-order valence-electron chi connectivity index (χ0n) is 18.2. The molecule has 1 nitrogen and oxygen atoms in total. The molecule has 0 amide bonds. The Kier molecular flexibility index (Phi) is 8.37. The van der Waals surface area contributed by atoms with Gasteiger partial charge in [-0.2, -0.15) is 0 Å². The Labute approximate surface area is 188 Å². The van der Waals surface area contributed by atoms with Crippen LogP contribution in [0.15, 0.2) is 72.8 Å². The maximum Gasteiger partial charge on any atom is 0.126 e. The summed E-state index contributed by atoms with van der Waals surface area (Å²) in [5.74, 6) is 1.01. The molecule has 0 fully saturated rings. The Hall–Kier alpha value is -1.82. The summed E-state index contributed by atoms with van der Waals surface area (Å²) in [5, 5.41) is -0.0419. The molecule has 3 rings (SSSR count). The predicted molar refractivity (Wildman–Crippen MR) is 133 cm³/mol. The molecule has 3 aromatic carbocycles. The van der Waals surface area contributed by atoms with Crippen LogP contribution in [0.4, 0.5) is 0 Å². The third-order valence-corrected chi connectivity index (χ3v) is 8.21. The zero-order valence-corrected chi connectivity index (χ0v) is 20.0. The van der Waals surface area contributed by atoms with E-state index in [2.05, 4.69) is 86.6 Å². The molecule has 2 unspecified atom stereocenters. The number of hydrogen-bond donors (Lipinski definition) is 0. The van der Waals surface area contributed by atoms with Crippen LogP contribution in [0.25, 0.3) is 0 Å². The molecule has 0 radical (unpaired) electrons. The van der Waals surface area contributed by atoms with E-state index in [-0.39, 0.29) is 5.16 Å². The van der Waals surface area contributed by atoms with Gasteiger partial charge in [0.05, 0.1) is 7.11 Å². The molecule has 0 heterocycles. The molecule has 0 aliphatic heterocycles. The first-order valence-corrected chi connectivity index (χ1v) is 12.8. The van der Waals surface area contributed by atoms with E-state index in [1.807, 2.05) is 0 Å². The summed E-state index contributed by atoms with van der Waals surface area (Å²) in [6.07, 6.45) is 4.96. The molecular weight excluding hydrogens is 407 g/mol. The molecule has 3 aromatic rings. The van der Waals surface area contributed by atoms with Crippen LogP contribution in [0.1, 0.15) is 60.9 Å². The molecule has 0 aliphatic carbocycles. The molecule has 30 heavy (non-hydrogen) atoms. The van der Waals surface area contributed by atoms with Crippen molar-refractivity contribution in [1.82, 2.24) is 0 Å². The summed E-state index contributed by atoms with van der Waals surface area (Å²) >= 11 is 6.66. The molecular formula is C27H32ClOP. The Balaban J connectivity index is 2.15. The van der Waals surface area contributed by atoms with Gasteiger partial charge in [-0.1, -0.05) is 104 Å². The van der Waals surface area contributed by atoms with Crippen molar-refractivity contribution in [2.45, 2.75) is 51.1 Å². The van der Waals surface area contributed by atoms with Gasteiger partial charge in [0.1, 0.15) is 5.75 Å². The molecule has 0 saturated carbocycles. The Bertz CT molecular complexity index is 920. The summed E-state index contributed by atoms with van der Waals surface area (Å²) in [4.78, 5) is 0. The first-order valence-electron chi connectivity index (χ1n) is 10.8. The van der Waals surface area contributed by atoms with Crippen molar-refractivity contribution in [3.05, 3.63) is 101 Å². The minimum Gasteiger partial charge on any atom is -0.496 e. The number of methoxy groups -OCH3 is 1. The van der Waals surface area contributed by atoms with Crippen molar-refractivity contribution in [1.29, 1.82) is 0 Å². The average Bonchev–Trinajstić information content (AvgIpc) is 2.79. The lowest BCUT2D eigenvalue weighted by molar-refractivity contribution is 0.392. The highest BCUT2D eigenvalue weighted by atomic mass is 35.7. The highest BCUT2D eigenvalue weighted by molar-refractivity contribution is 7.69. The van der Waals surface area contributed by atoms with Gasteiger partial charge in [-0.25, -0.2) is 0 Å². The van der Waals surface area contributed by atoms with Crippen molar-refractivity contribution in [2.24, 2.45) is 0 Å². The van der Waals surface area contributed by atoms with Crippen molar-refractivity contribution in [3.8, 4) is 5.75 Å². The van der Waals surface area contributed by atoms with Gasteiger partial charge in [0.2, 0.25) is 0 Å². The maximum atomic E-state index is 6.66. The molecule has 158 valence electrons. The quantitative estimate of drug-likeness (QED) is 0.290. The minimum atomic E-state index is -0.0419. The molecule has 0 bridgehead atoms. The van der Waals surface area contributed by atoms with Crippen molar-refractivity contribution in [2.75, 3.05) is 7.11 Å². The highest BCUT2D eigenvalue weighted by Crippen LogP contribution is 2.54. The predicted octanol–water partition coefficient (Wildman–Crippen LogP) is 8.11. The average molecular weight is 439 g/mol. The number of halogens is 1. The van der Waals surface area contributed by atoms with Crippen LogP contribution in [0.2, 0.25) is 0 Å². The minimum absolute atomic E-state index is 0.0419. The fourth-order valence-corrected chi connectivity index (χ4v) is 6.08. The molecule has 0 saturated heterocycles. The lowest BCUT2D eigenvalue weighted by Crippen LogP contribution is -2.20. The third-order valence-electron chi connectivity index (χ3n) is 5.90. The van der Waals surface area contributed by atoms with Gasteiger partial charge in [0.25, 0.3) is 0 Å². The molecule has 0 aliphatic rings. The number of rotatable bonds is 10. The van der Waals surface area contributed by atoms with Crippen LogP contribution < -0.4 is 4.74 Å². The second-order valence-electron chi connectivity index (χ2n) is 7.94. The second-order valence-corrected chi connectivity index (χ2v) is 9.65. The van der Waals surface area contributed by atoms with Crippen LogP contribution in [-0.4, -0.2) is 7.11 Å².